The molecule has 3 amide bonds. The molecule has 40 heavy (non-hydrogen) atoms. The van der Waals surface area contributed by atoms with E-state index in [1.54, 1.807) is 48.0 Å². The van der Waals surface area contributed by atoms with Crippen LogP contribution in [0.25, 0.3) is 0 Å². The van der Waals surface area contributed by atoms with Gasteiger partial charge in [0, 0.05) is 30.6 Å². The summed E-state index contributed by atoms with van der Waals surface area (Å²) < 4.78 is 4.59. The molecule has 2 aromatic rings. The summed E-state index contributed by atoms with van der Waals surface area (Å²) in [6.07, 6.45) is 4.00. The molecular formula is C31H39N3O5S. The summed E-state index contributed by atoms with van der Waals surface area (Å²) in [6, 6.07) is 16.3. The van der Waals surface area contributed by atoms with Crippen LogP contribution in [-0.4, -0.2) is 64.0 Å². The van der Waals surface area contributed by atoms with Gasteiger partial charge in [0.05, 0.1) is 23.7 Å². The number of hydrogen-bond acceptors (Lipinski definition) is 6. The molecule has 6 atom stereocenters. The van der Waals surface area contributed by atoms with Gasteiger partial charge in [-0.15, -0.1) is 11.8 Å². The Labute approximate surface area is 240 Å². The molecule has 3 heterocycles. The molecule has 1 spiro atoms. The van der Waals surface area contributed by atoms with Crippen molar-refractivity contribution in [3.05, 3.63) is 60.2 Å². The molecule has 2 aromatic carbocycles. The van der Waals surface area contributed by atoms with Crippen LogP contribution in [0.3, 0.4) is 0 Å². The molecule has 214 valence electrons. The second-order valence-electron chi connectivity index (χ2n) is 11.1. The third-order valence-corrected chi connectivity index (χ3v) is 10.8. The number of anilines is 1. The van der Waals surface area contributed by atoms with Crippen LogP contribution in [0, 0.1) is 17.8 Å². The smallest absolute Gasteiger partial charge is 0.248 e. The zero-order chi connectivity index (χ0) is 28.3. The number of likely N-dealkylation sites (tertiary alicyclic amines) is 1. The Morgan fingerprint density at radius 3 is 2.48 bits per heavy atom. The van der Waals surface area contributed by atoms with Crippen LogP contribution in [0.5, 0.6) is 5.75 Å². The van der Waals surface area contributed by atoms with Gasteiger partial charge in [0.25, 0.3) is 0 Å². The fourth-order valence-electron chi connectivity index (χ4n) is 6.90. The van der Waals surface area contributed by atoms with E-state index < -0.39 is 22.6 Å². The van der Waals surface area contributed by atoms with Crippen LogP contribution >= 0.6 is 11.8 Å². The normalized spacial score (nSPS) is 28.4. The van der Waals surface area contributed by atoms with Gasteiger partial charge >= 0.3 is 0 Å². The van der Waals surface area contributed by atoms with Gasteiger partial charge < -0.3 is 25.4 Å². The Hall–Kier alpha value is -3.04. The van der Waals surface area contributed by atoms with E-state index in [-0.39, 0.29) is 35.5 Å². The molecule has 3 saturated heterocycles. The number of aliphatic hydroxyl groups excluding tert-OH is 1. The highest BCUT2D eigenvalue weighted by atomic mass is 32.2. The summed E-state index contributed by atoms with van der Waals surface area (Å²) >= 11 is 1.69. The number of methoxy groups -OCH3 is 1. The molecule has 0 saturated carbocycles. The van der Waals surface area contributed by atoms with Gasteiger partial charge in [0.1, 0.15) is 11.8 Å². The van der Waals surface area contributed by atoms with Crippen LogP contribution in [0.1, 0.15) is 44.6 Å². The number of ether oxygens (including phenoxy) is 1. The van der Waals surface area contributed by atoms with E-state index in [9.17, 15) is 14.4 Å². The van der Waals surface area contributed by atoms with E-state index >= 15 is 0 Å². The first-order valence-electron chi connectivity index (χ1n) is 14.3. The number of fused-ring (bicyclic) bond motifs is 1. The predicted molar refractivity (Wildman–Crippen MR) is 156 cm³/mol. The lowest BCUT2D eigenvalue weighted by Crippen LogP contribution is -2.55. The standard InChI is InChI=1S/C31H39N3O5S/c1-20-18-24-25(28(36)32-19-21-10-6-5-7-11-21)26-30(38)34(16-8-3-4-9-17-35)27(31(20,26)40-24)29(37)33-22-12-14-23(39-2)15-13-22/h5-7,10-15,20,24-27,35H,3-4,8-9,16-19H2,1-2H3,(H,32,36)(H,33,37)/t20?,24-,25+,26+,27?,31?/m1/s1. The van der Waals surface area contributed by atoms with E-state index in [4.69, 9.17) is 9.84 Å². The SMILES string of the molecule is COc1ccc(NC(=O)C2N(CCCCCCO)C(=O)[C@@H]3[C@@H](C(=O)NCc4ccccc4)[C@H]4CC(C)C23S4)cc1. The fraction of sp³-hybridized carbons (Fsp3) is 0.516. The minimum absolute atomic E-state index is 0.00251. The number of amides is 3. The third-order valence-electron chi connectivity index (χ3n) is 8.77. The molecule has 3 aliphatic heterocycles. The third kappa shape index (κ3) is 5.21. The molecule has 3 aliphatic rings. The number of nitrogens with one attached hydrogen (secondary N) is 2. The summed E-state index contributed by atoms with van der Waals surface area (Å²) in [6.45, 7) is 3.15. The largest absolute Gasteiger partial charge is 0.497 e. The van der Waals surface area contributed by atoms with Crippen molar-refractivity contribution in [1.29, 1.82) is 0 Å². The zero-order valence-electron chi connectivity index (χ0n) is 23.2. The molecule has 0 aromatic heterocycles. The van der Waals surface area contributed by atoms with Crippen molar-refractivity contribution in [2.24, 2.45) is 17.8 Å². The molecule has 3 fully saturated rings. The van der Waals surface area contributed by atoms with Gasteiger partial charge in [-0.2, -0.15) is 0 Å². The summed E-state index contributed by atoms with van der Waals surface area (Å²) in [4.78, 5) is 43.6. The quantitative estimate of drug-likeness (QED) is 0.338. The minimum Gasteiger partial charge on any atom is -0.497 e. The van der Waals surface area contributed by atoms with Gasteiger partial charge in [0.2, 0.25) is 17.7 Å². The number of carbonyl (C=O) groups excluding carboxylic acids is 3. The molecule has 8 nitrogen and oxygen atoms in total. The Balaban J connectivity index is 1.40. The topological polar surface area (TPSA) is 108 Å². The Bertz CT molecular complexity index is 1210. The van der Waals surface area contributed by atoms with Crippen LogP contribution in [0.4, 0.5) is 5.69 Å². The van der Waals surface area contributed by atoms with Gasteiger partial charge in [-0.1, -0.05) is 50.1 Å². The van der Waals surface area contributed by atoms with E-state index in [2.05, 4.69) is 17.6 Å². The monoisotopic (exact) mass is 565 g/mol. The van der Waals surface area contributed by atoms with Gasteiger partial charge in [-0.05, 0) is 55.0 Å². The highest BCUT2D eigenvalue weighted by molar-refractivity contribution is 8.02. The van der Waals surface area contributed by atoms with Crippen molar-refractivity contribution in [3.63, 3.8) is 0 Å². The first kappa shape index (κ1) is 28.5. The minimum atomic E-state index is -0.665. The molecular weight excluding hydrogens is 526 g/mol. The van der Waals surface area contributed by atoms with Crippen molar-refractivity contribution in [3.8, 4) is 5.75 Å². The fourth-order valence-corrected chi connectivity index (χ4v) is 9.32. The molecule has 0 aliphatic carbocycles. The second-order valence-corrected chi connectivity index (χ2v) is 12.7. The zero-order valence-corrected chi connectivity index (χ0v) is 24.0. The van der Waals surface area contributed by atoms with Crippen molar-refractivity contribution in [2.75, 3.05) is 25.6 Å². The van der Waals surface area contributed by atoms with E-state index in [0.29, 0.717) is 24.5 Å². The summed E-state index contributed by atoms with van der Waals surface area (Å²) in [7, 11) is 1.59. The lowest BCUT2D eigenvalue weighted by atomic mass is 9.66. The number of unbranched alkanes of at least 4 members (excludes halogenated alkanes) is 3. The molecule has 9 heteroatoms. The Morgan fingerprint density at radius 2 is 1.77 bits per heavy atom. The molecule has 2 bridgehead atoms. The van der Waals surface area contributed by atoms with Crippen LogP contribution in [0.2, 0.25) is 0 Å². The van der Waals surface area contributed by atoms with Crippen molar-refractivity contribution in [1.82, 2.24) is 10.2 Å². The maximum absolute atomic E-state index is 14.2. The number of benzene rings is 2. The number of aliphatic hydroxyl groups is 1. The summed E-state index contributed by atoms with van der Waals surface area (Å²) in [5.74, 6) is -0.590. The van der Waals surface area contributed by atoms with E-state index in [0.717, 1.165) is 37.7 Å². The van der Waals surface area contributed by atoms with Crippen molar-refractivity contribution in [2.45, 2.75) is 61.6 Å². The van der Waals surface area contributed by atoms with Crippen LogP contribution in [-0.2, 0) is 20.9 Å². The van der Waals surface area contributed by atoms with E-state index in [1.165, 1.54) is 0 Å². The average Bonchev–Trinajstić information content (AvgIpc) is 3.56. The first-order chi connectivity index (χ1) is 19.4. The molecule has 5 rings (SSSR count). The average molecular weight is 566 g/mol. The van der Waals surface area contributed by atoms with Crippen LogP contribution in [0.15, 0.2) is 54.6 Å². The maximum Gasteiger partial charge on any atom is 0.248 e. The molecule has 0 radical (unpaired) electrons. The lowest BCUT2D eigenvalue weighted by Gasteiger charge is -2.38. The summed E-state index contributed by atoms with van der Waals surface area (Å²) in [5, 5.41) is 15.3. The second kappa shape index (κ2) is 12.2. The molecule has 3 unspecified atom stereocenters. The summed E-state index contributed by atoms with van der Waals surface area (Å²) in [5.41, 5.74) is 1.65. The number of thioether (sulfide) groups is 1. The van der Waals surface area contributed by atoms with Crippen molar-refractivity contribution < 1.29 is 24.2 Å². The predicted octanol–water partition coefficient (Wildman–Crippen LogP) is 3.84. The number of carbonyl (C=O) groups is 3. The highest BCUT2D eigenvalue weighted by Crippen LogP contribution is 2.68. The Morgan fingerprint density at radius 1 is 1.05 bits per heavy atom. The van der Waals surface area contributed by atoms with Crippen molar-refractivity contribution >= 4 is 35.2 Å². The number of rotatable bonds is 12. The number of nitrogens with zero attached hydrogens (tertiary/aromatic N) is 1. The van der Waals surface area contributed by atoms with Gasteiger partial charge in [-0.25, -0.2) is 0 Å². The maximum atomic E-state index is 14.2. The Kier molecular flexibility index (Phi) is 8.71. The van der Waals surface area contributed by atoms with E-state index in [1.807, 2.05) is 30.3 Å². The lowest BCUT2D eigenvalue weighted by molar-refractivity contribution is -0.139. The first-order valence-corrected chi connectivity index (χ1v) is 15.1. The van der Waals surface area contributed by atoms with Gasteiger partial charge in [0.15, 0.2) is 0 Å². The van der Waals surface area contributed by atoms with Crippen LogP contribution < -0.4 is 15.4 Å². The highest BCUT2D eigenvalue weighted by Gasteiger charge is 2.75. The number of hydrogen-bond donors (Lipinski definition) is 3. The molecule has 3 N–H and O–H groups in total. The van der Waals surface area contributed by atoms with Gasteiger partial charge in [-0.3, -0.25) is 14.4 Å².